The van der Waals surface area contributed by atoms with E-state index in [1.54, 1.807) is 0 Å². The second-order valence-electron chi connectivity index (χ2n) is 4.49. The summed E-state index contributed by atoms with van der Waals surface area (Å²) >= 11 is 0. The van der Waals surface area contributed by atoms with Gasteiger partial charge in [-0.25, -0.2) is 0 Å². The zero-order valence-corrected chi connectivity index (χ0v) is 10.7. The second-order valence-corrected chi connectivity index (χ2v) is 4.49. The Balaban J connectivity index is 2.38. The van der Waals surface area contributed by atoms with Crippen LogP contribution >= 0.6 is 0 Å². The molecule has 2 atom stereocenters. The van der Waals surface area contributed by atoms with Crippen LogP contribution in [0.5, 0.6) is 0 Å². The topological polar surface area (TPSA) is 52.6 Å². The highest BCUT2D eigenvalue weighted by atomic mass is 16.6. The third kappa shape index (κ3) is 4.75. The molecular weight excluding hydrogens is 220 g/mol. The summed E-state index contributed by atoms with van der Waals surface area (Å²) in [7, 11) is 0. The summed E-state index contributed by atoms with van der Waals surface area (Å²) in [5, 5.41) is 0. The number of ether oxygens (including phenoxy) is 2. The zero-order chi connectivity index (χ0) is 12.7. The van der Waals surface area contributed by atoms with Gasteiger partial charge in [0.1, 0.15) is 12.2 Å². The van der Waals surface area contributed by atoms with Gasteiger partial charge in [0, 0.05) is 12.8 Å². The van der Waals surface area contributed by atoms with Gasteiger partial charge in [-0.15, -0.1) is 0 Å². The summed E-state index contributed by atoms with van der Waals surface area (Å²) in [5.41, 5.74) is 0. The van der Waals surface area contributed by atoms with Crippen LogP contribution in [0.15, 0.2) is 0 Å². The molecule has 17 heavy (non-hydrogen) atoms. The van der Waals surface area contributed by atoms with E-state index in [0.717, 1.165) is 32.1 Å². The molecule has 1 fully saturated rings. The maximum atomic E-state index is 11.4. The number of rotatable bonds is 6. The Hall–Kier alpha value is -1.06. The van der Waals surface area contributed by atoms with E-state index in [2.05, 4.69) is 0 Å². The molecule has 0 spiro atoms. The van der Waals surface area contributed by atoms with Crippen LogP contribution in [0, 0.1) is 0 Å². The van der Waals surface area contributed by atoms with E-state index in [-0.39, 0.29) is 24.1 Å². The summed E-state index contributed by atoms with van der Waals surface area (Å²) in [6.07, 6.45) is 4.55. The molecule has 1 aliphatic rings. The van der Waals surface area contributed by atoms with Crippen molar-refractivity contribution in [3.63, 3.8) is 0 Å². The molecule has 0 unspecified atom stereocenters. The third-order valence-corrected chi connectivity index (χ3v) is 2.87. The molecule has 4 nitrogen and oxygen atoms in total. The van der Waals surface area contributed by atoms with Gasteiger partial charge in [0.05, 0.1) is 0 Å². The molecule has 0 aliphatic heterocycles. The fourth-order valence-corrected chi connectivity index (χ4v) is 2.03. The van der Waals surface area contributed by atoms with E-state index in [9.17, 15) is 9.59 Å². The molecule has 1 rings (SSSR count). The maximum Gasteiger partial charge on any atom is 0.306 e. The predicted octanol–water partition coefficient (Wildman–Crippen LogP) is 2.59. The lowest BCUT2D eigenvalue weighted by Gasteiger charge is -2.20. The summed E-state index contributed by atoms with van der Waals surface area (Å²) in [6, 6.07) is 0. The average molecular weight is 242 g/mol. The molecule has 0 aromatic heterocycles. The van der Waals surface area contributed by atoms with Crippen LogP contribution in [0.1, 0.15) is 58.8 Å². The van der Waals surface area contributed by atoms with Crippen LogP contribution in [0.3, 0.4) is 0 Å². The van der Waals surface area contributed by atoms with Crippen LogP contribution < -0.4 is 0 Å². The van der Waals surface area contributed by atoms with Crippen molar-refractivity contribution in [2.45, 2.75) is 71.0 Å². The van der Waals surface area contributed by atoms with E-state index in [4.69, 9.17) is 9.47 Å². The van der Waals surface area contributed by atoms with Gasteiger partial charge < -0.3 is 9.47 Å². The van der Waals surface area contributed by atoms with Crippen molar-refractivity contribution >= 4 is 11.9 Å². The van der Waals surface area contributed by atoms with Gasteiger partial charge in [-0.2, -0.15) is 0 Å². The van der Waals surface area contributed by atoms with Gasteiger partial charge in [0.15, 0.2) is 0 Å². The standard InChI is InChI=1S/C13H22O4/c1-3-6-12(14)16-10-8-5-9-11(10)17-13(15)7-4-2/h10-11H,3-9H2,1-2H3/t10-,11+. The maximum absolute atomic E-state index is 11.4. The second kappa shape index (κ2) is 7.30. The first-order chi connectivity index (χ1) is 8.17. The number of carbonyl (C=O) groups is 2. The Morgan fingerprint density at radius 2 is 1.35 bits per heavy atom. The molecule has 0 radical (unpaired) electrons. The van der Waals surface area contributed by atoms with Crippen LogP contribution in [0.25, 0.3) is 0 Å². The molecule has 1 saturated carbocycles. The van der Waals surface area contributed by atoms with Crippen molar-refractivity contribution in [3.05, 3.63) is 0 Å². The molecule has 0 bridgehead atoms. The van der Waals surface area contributed by atoms with Crippen LogP contribution in [-0.4, -0.2) is 24.1 Å². The largest absolute Gasteiger partial charge is 0.458 e. The van der Waals surface area contributed by atoms with Crippen molar-refractivity contribution in [2.75, 3.05) is 0 Å². The van der Waals surface area contributed by atoms with Gasteiger partial charge >= 0.3 is 11.9 Å². The first kappa shape index (κ1) is 14.0. The highest BCUT2D eigenvalue weighted by Gasteiger charge is 2.33. The molecule has 0 aromatic rings. The Labute approximate surface area is 103 Å². The van der Waals surface area contributed by atoms with E-state index in [0.29, 0.717) is 12.8 Å². The molecule has 0 aromatic carbocycles. The van der Waals surface area contributed by atoms with Gasteiger partial charge in [-0.05, 0) is 32.1 Å². The van der Waals surface area contributed by atoms with Crippen molar-refractivity contribution in [2.24, 2.45) is 0 Å². The summed E-state index contributed by atoms with van der Waals surface area (Å²) in [4.78, 5) is 22.8. The molecule has 0 saturated heterocycles. The Morgan fingerprint density at radius 1 is 0.941 bits per heavy atom. The van der Waals surface area contributed by atoms with Gasteiger partial charge in [-0.1, -0.05) is 13.8 Å². The van der Waals surface area contributed by atoms with Gasteiger partial charge in [0.25, 0.3) is 0 Å². The molecule has 1 aliphatic carbocycles. The highest BCUT2D eigenvalue weighted by Crippen LogP contribution is 2.26. The first-order valence-electron chi connectivity index (χ1n) is 6.56. The lowest BCUT2D eigenvalue weighted by atomic mass is 10.2. The number of hydrogen-bond acceptors (Lipinski definition) is 4. The van der Waals surface area contributed by atoms with Crippen LogP contribution in [-0.2, 0) is 19.1 Å². The predicted molar refractivity (Wildman–Crippen MR) is 63.4 cm³/mol. The molecule has 0 amide bonds. The lowest BCUT2D eigenvalue weighted by molar-refractivity contribution is -0.165. The normalized spacial score (nSPS) is 23.4. The number of hydrogen-bond donors (Lipinski definition) is 0. The monoisotopic (exact) mass is 242 g/mol. The number of carbonyl (C=O) groups excluding carboxylic acids is 2. The van der Waals surface area contributed by atoms with Crippen molar-refractivity contribution in [3.8, 4) is 0 Å². The highest BCUT2D eigenvalue weighted by molar-refractivity contribution is 5.70. The van der Waals surface area contributed by atoms with Gasteiger partial charge in [-0.3, -0.25) is 9.59 Å². The minimum Gasteiger partial charge on any atom is -0.458 e. The smallest absolute Gasteiger partial charge is 0.306 e. The quantitative estimate of drug-likeness (QED) is 0.672. The minimum absolute atomic E-state index is 0.184. The van der Waals surface area contributed by atoms with E-state index >= 15 is 0 Å². The van der Waals surface area contributed by atoms with Crippen LogP contribution in [0.2, 0.25) is 0 Å². The lowest BCUT2D eigenvalue weighted by Crippen LogP contribution is -2.30. The van der Waals surface area contributed by atoms with Crippen molar-refractivity contribution in [1.82, 2.24) is 0 Å². The number of esters is 2. The van der Waals surface area contributed by atoms with E-state index in [1.165, 1.54) is 0 Å². The summed E-state index contributed by atoms with van der Waals surface area (Å²) in [6.45, 7) is 3.88. The summed E-state index contributed by atoms with van der Waals surface area (Å²) in [5.74, 6) is -0.369. The molecule has 0 heterocycles. The van der Waals surface area contributed by atoms with E-state index in [1.807, 2.05) is 13.8 Å². The molecular formula is C13H22O4. The van der Waals surface area contributed by atoms with Crippen molar-refractivity contribution in [1.29, 1.82) is 0 Å². The minimum atomic E-state index is -0.227. The Bertz CT molecular complexity index is 236. The van der Waals surface area contributed by atoms with Gasteiger partial charge in [0.2, 0.25) is 0 Å². The zero-order valence-electron chi connectivity index (χ0n) is 10.7. The fraction of sp³-hybridized carbons (Fsp3) is 0.846. The van der Waals surface area contributed by atoms with E-state index < -0.39 is 0 Å². The molecule has 4 heteroatoms. The average Bonchev–Trinajstić information content (AvgIpc) is 2.66. The summed E-state index contributed by atoms with van der Waals surface area (Å²) < 4.78 is 10.7. The van der Waals surface area contributed by atoms with Crippen LogP contribution in [0.4, 0.5) is 0 Å². The molecule has 0 N–H and O–H groups in total. The first-order valence-corrected chi connectivity index (χ1v) is 6.56. The van der Waals surface area contributed by atoms with Crippen molar-refractivity contribution < 1.29 is 19.1 Å². The SMILES string of the molecule is CCCC(=O)O[C@H]1CCC[C@H]1OC(=O)CCC. The Morgan fingerprint density at radius 3 is 1.71 bits per heavy atom. The fourth-order valence-electron chi connectivity index (χ4n) is 2.03. The third-order valence-electron chi connectivity index (χ3n) is 2.87. The molecule has 98 valence electrons. The Kier molecular flexibility index (Phi) is 6.01.